The number of aliphatic carboxylic acids is 1. The number of amides is 2. The van der Waals surface area contributed by atoms with Crippen LogP contribution in [-0.2, 0) is 11.3 Å². The maximum Gasteiger partial charge on any atom is 0.317 e. The van der Waals surface area contributed by atoms with Gasteiger partial charge in [0.25, 0.3) is 0 Å². The number of thiophene rings is 1. The minimum Gasteiger partial charge on any atom is -0.481 e. The summed E-state index contributed by atoms with van der Waals surface area (Å²) in [5.41, 5.74) is 1.13. The average Bonchev–Trinajstić information content (AvgIpc) is 2.94. The van der Waals surface area contributed by atoms with Crippen molar-refractivity contribution in [2.45, 2.75) is 39.2 Å². The Morgan fingerprint density at radius 1 is 1.43 bits per heavy atom. The molecule has 1 heterocycles. The second-order valence-corrected chi connectivity index (χ2v) is 5.99. The van der Waals surface area contributed by atoms with Gasteiger partial charge in [0.1, 0.15) is 0 Å². The highest BCUT2D eigenvalue weighted by molar-refractivity contribution is 7.07. The lowest BCUT2D eigenvalue weighted by Crippen LogP contribution is -2.37. The number of nitrogens with zero attached hydrogens (tertiary/aromatic N) is 1. The van der Waals surface area contributed by atoms with Crippen LogP contribution in [0.25, 0.3) is 0 Å². The molecule has 1 unspecified atom stereocenters. The molecule has 0 bridgehead atoms. The molecular formula is C15H24N2O3S. The predicted octanol–water partition coefficient (Wildman–Crippen LogP) is 3.17. The van der Waals surface area contributed by atoms with Crippen molar-refractivity contribution in [2.75, 3.05) is 13.6 Å². The van der Waals surface area contributed by atoms with Crippen LogP contribution >= 0.6 is 11.3 Å². The first kappa shape index (κ1) is 17.5. The summed E-state index contributed by atoms with van der Waals surface area (Å²) in [5, 5.41) is 15.6. The Bertz CT molecular complexity index is 434. The molecule has 1 rings (SSSR count). The van der Waals surface area contributed by atoms with Gasteiger partial charge in [0, 0.05) is 26.6 Å². The van der Waals surface area contributed by atoms with Gasteiger partial charge in [-0.15, -0.1) is 0 Å². The number of nitrogens with one attached hydrogen (secondary N) is 1. The van der Waals surface area contributed by atoms with Gasteiger partial charge in [0.05, 0.1) is 0 Å². The highest BCUT2D eigenvalue weighted by Crippen LogP contribution is 2.14. The van der Waals surface area contributed by atoms with Crippen LogP contribution in [0.1, 0.15) is 38.2 Å². The predicted molar refractivity (Wildman–Crippen MR) is 84.5 cm³/mol. The summed E-state index contributed by atoms with van der Waals surface area (Å²) in [4.78, 5) is 24.1. The van der Waals surface area contributed by atoms with Crippen LogP contribution in [0.2, 0.25) is 0 Å². The molecule has 21 heavy (non-hydrogen) atoms. The van der Waals surface area contributed by atoms with E-state index < -0.39 is 5.97 Å². The second kappa shape index (κ2) is 9.39. The molecule has 1 aromatic rings. The van der Waals surface area contributed by atoms with Gasteiger partial charge in [0.15, 0.2) is 0 Å². The number of carboxylic acids is 1. The number of carbonyl (C=O) groups excluding carboxylic acids is 1. The molecule has 0 aromatic carbocycles. The number of hydrogen-bond acceptors (Lipinski definition) is 3. The molecule has 0 saturated heterocycles. The van der Waals surface area contributed by atoms with Gasteiger partial charge in [0.2, 0.25) is 0 Å². The molecule has 0 radical (unpaired) electrons. The van der Waals surface area contributed by atoms with E-state index in [1.807, 2.05) is 16.8 Å². The van der Waals surface area contributed by atoms with Gasteiger partial charge >= 0.3 is 12.0 Å². The fraction of sp³-hybridized carbons (Fsp3) is 0.600. The van der Waals surface area contributed by atoms with Crippen LogP contribution in [0.3, 0.4) is 0 Å². The zero-order chi connectivity index (χ0) is 15.7. The van der Waals surface area contributed by atoms with Gasteiger partial charge < -0.3 is 15.3 Å². The van der Waals surface area contributed by atoms with Gasteiger partial charge in [-0.2, -0.15) is 11.3 Å². The molecule has 2 amide bonds. The van der Waals surface area contributed by atoms with Crippen LogP contribution in [0.5, 0.6) is 0 Å². The van der Waals surface area contributed by atoms with E-state index in [4.69, 9.17) is 5.11 Å². The van der Waals surface area contributed by atoms with Crippen LogP contribution in [0.4, 0.5) is 4.79 Å². The first-order valence-electron chi connectivity index (χ1n) is 7.24. The quantitative estimate of drug-likeness (QED) is 0.736. The zero-order valence-corrected chi connectivity index (χ0v) is 13.5. The minimum atomic E-state index is -0.756. The first-order valence-corrected chi connectivity index (χ1v) is 8.19. The second-order valence-electron chi connectivity index (χ2n) is 5.21. The van der Waals surface area contributed by atoms with Crippen LogP contribution in [-0.4, -0.2) is 35.6 Å². The Morgan fingerprint density at radius 2 is 2.19 bits per heavy atom. The van der Waals surface area contributed by atoms with E-state index >= 15 is 0 Å². The lowest BCUT2D eigenvalue weighted by molar-refractivity contribution is -0.137. The van der Waals surface area contributed by atoms with E-state index in [-0.39, 0.29) is 12.5 Å². The number of urea groups is 1. The van der Waals surface area contributed by atoms with Crippen molar-refractivity contribution in [2.24, 2.45) is 5.92 Å². The monoisotopic (exact) mass is 312 g/mol. The van der Waals surface area contributed by atoms with Crippen molar-refractivity contribution in [3.05, 3.63) is 22.4 Å². The van der Waals surface area contributed by atoms with E-state index in [0.29, 0.717) is 25.4 Å². The van der Waals surface area contributed by atoms with Gasteiger partial charge in [-0.1, -0.05) is 13.3 Å². The molecule has 0 spiro atoms. The van der Waals surface area contributed by atoms with E-state index in [1.165, 1.54) is 0 Å². The third-order valence-corrected chi connectivity index (χ3v) is 4.25. The van der Waals surface area contributed by atoms with Crippen molar-refractivity contribution in [3.8, 4) is 0 Å². The standard InChI is InChI=1S/C15H24N2O3S/c1-3-12(4-5-14(18)19)6-8-16-15(20)17(2)10-13-7-9-21-11-13/h7,9,11-12H,3-6,8,10H2,1-2H3,(H,16,20)(H,18,19). The molecule has 6 heteroatoms. The molecular weight excluding hydrogens is 288 g/mol. The van der Waals surface area contributed by atoms with Crippen molar-refractivity contribution in [1.82, 2.24) is 10.2 Å². The van der Waals surface area contributed by atoms with Crippen molar-refractivity contribution in [1.29, 1.82) is 0 Å². The fourth-order valence-electron chi connectivity index (χ4n) is 2.13. The number of hydrogen-bond donors (Lipinski definition) is 2. The molecule has 118 valence electrons. The smallest absolute Gasteiger partial charge is 0.317 e. The summed E-state index contributed by atoms with van der Waals surface area (Å²) in [7, 11) is 1.77. The molecule has 1 atom stereocenters. The van der Waals surface area contributed by atoms with Crippen LogP contribution in [0, 0.1) is 5.92 Å². The lowest BCUT2D eigenvalue weighted by atomic mass is 9.97. The Kier molecular flexibility index (Phi) is 7.82. The largest absolute Gasteiger partial charge is 0.481 e. The normalized spacial score (nSPS) is 11.9. The maximum atomic E-state index is 11.9. The minimum absolute atomic E-state index is 0.0886. The number of carbonyl (C=O) groups is 2. The SMILES string of the molecule is CCC(CCNC(=O)N(C)Cc1ccsc1)CCC(=O)O. The summed E-state index contributed by atoms with van der Waals surface area (Å²) in [6.07, 6.45) is 2.63. The lowest BCUT2D eigenvalue weighted by Gasteiger charge is -2.19. The summed E-state index contributed by atoms with van der Waals surface area (Å²) < 4.78 is 0. The molecule has 0 aliphatic carbocycles. The maximum absolute atomic E-state index is 11.9. The Morgan fingerprint density at radius 3 is 2.76 bits per heavy atom. The van der Waals surface area contributed by atoms with E-state index in [2.05, 4.69) is 12.2 Å². The van der Waals surface area contributed by atoms with Crippen molar-refractivity contribution in [3.63, 3.8) is 0 Å². The summed E-state index contributed by atoms with van der Waals surface area (Å²) in [6.45, 7) is 3.24. The van der Waals surface area contributed by atoms with Crippen molar-refractivity contribution < 1.29 is 14.7 Å². The molecule has 2 N–H and O–H groups in total. The molecule has 0 fully saturated rings. The van der Waals surface area contributed by atoms with Gasteiger partial charge in [-0.25, -0.2) is 4.79 Å². The van der Waals surface area contributed by atoms with Crippen molar-refractivity contribution >= 4 is 23.3 Å². The summed E-state index contributed by atoms with van der Waals surface area (Å²) in [5.74, 6) is -0.406. The number of rotatable bonds is 9. The molecule has 0 saturated carbocycles. The third-order valence-electron chi connectivity index (χ3n) is 3.52. The highest BCUT2D eigenvalue weighted by Gasteiger charge is 2.12. The molecule has 1 aromatic heterocycles. The van der Waals surface area contributed by atoms with Gasteiger partial charge in [-0.05, 0) is 41.1 Å². The van der Waals surface area contributed by atoms with E-state index in [1.54, 1.807) is 23.3 Å². The molecule has 5 nitrogen and oxygen atoms in total. The van der Waals surface area contributed by atoms with Crippen LogP contribution < -0.4 is 5.32 Å². The topological polar surface area (TPSA) is 69.6 Å². The Labute approximate surface area is 130 Å². The van der Waals surface area contributed by atoms with Gasteiger partial charge in [-0.3, -0.25) is 4.79 Å². The third kappa shape index (κ3) is 7.13. The average molecular weight is 312 g/mol. The van der Waals surface area contributed by atoms with E-state index in [9.17, 15) is 9.59 Å². The Hall–Kier alpha value is -1.56. The summed E-state index contributed by atoms with van der Waals surface area (Å²) >= 11 is 1.62. The molecule has 0 aliphatic heterocycles. The van der Waals surface area contributed by atoms with E-state index in [0.717, 1.165) is 18.4 Å². The number of carboxylic acid groups (broad SMARTS) is 1. The molecule has 0 aliphatic rings. The summed E-state index contributed by atoms with van der Waals surface area (Å²) in [6, 6.07) is 1.92. The first-order chi connectivity index (χ1) is 10.0. The Balaban J connectivity index is 2.23. The highest BCUT2D eigenvalue weighted by atomic mass is 32.1. The zero-order valence-electron chi connectivity index (χ0n) is 12.7. The van der Waals surface area contributed by atoms with Crippen LogP contribution in [0.15, 0.2) is 16.8 Å². The fourth-order valence-corrected chi connectivity index (χ4v) is 2.79.